The molecule has 1 amide bonds. The Hall–Kier alpha value is -2.53. The Kier molecular flexibility index (Phi) is 4.45. The number of nitrogens with two attached hydrogens (primary N) is 1. The van der Waals surface area contributed by atoms with Crippen molar-refractivity contribution < 1.29 is 15.0 Å². The molecule has 110 valence electrons. The molecule has 0 heterocycles. The zero-order valence-electron chi connectivity index (χ0n) is 11.7. The normalized spacial score (nSPS) is 11.9. The van der Waals surface area contributed by atoms with E-state index in [2.05, 4.69) is 5.32 Å². The van der Waals surface area contributed by atoms with E-state index in [0.717, 1.165) is 11.1 Å². The summed E-state index contributed by atoms with van der Waals surface area (Å²) in [5.74, 6) is -0.198. The van der Waals surface area contributed by atoms with Gasteiger partial charge in [-0.25, -0.2) is 0 Å². The predicted octanol–water partition coefficient (Wildman–Crippen LogP) is 1.91. The number of hydrogen-bond acceptors (Lipinski definition) is 4. The number of nitrogens with one attached hydrogen (secondary N) is 1. The van der Waals surface area contributed by atoms with Crippen LogP contribution in [0.5, 0.6) is 11.5 Å². The van der Waals surface area contributed by atoms with Crippen LogP contribution >= 0.6 is 0 Å². The Morgan fingerprint density at radius 1 is 1.19 bits per heavy atom. The highest BCUT2D eigenvalue weighted by Crippen LogP contribution is 2.24. The number of carbonyl (C=O) groups is 1. The molecule has 0 fully saturated rings. The summed E-state index contributed by atoms with van der Waals surface area (Å²) in [7, 11) is 0. The molecule has 5 N–H and O–H groups in total. The van der Waals surface area contributed by atoms with Gasteiger partial charge < -0.3 is 21.3 Å². The molecule has 1 atom stereocenters. The Labute approximate surface area is 123 Å². The van der Waals surface area contributed by atoms with Gasteiger partial charge in [0.05, 0.1) is 11.7 Å². The first kappa shape index (κ1) is 14.9. The third-order valence-corrected chi connectivity index (χ3v) is 3.14. The number of aromatic hydroxyl groups is 2. The number of benzene rings is 2. The van der Waals surface area contributed by atoms with Gasteiger partial charge in [-0.1, -0.05) is 18.2 Å². The number of anilines is 1. The van der Waals surface area contributed by atoms with E-state index in [1.807, 2.05) is 6.92 Å². The SMILES string of the molecule is Cc1ccc(O)c(NC(=O)C(N)Cc2ccc(O)cc2)c1. The fourth-order valence-electron chi connectivity index (χ4n) is 1.95. The molecule has 0 bridgehead atoms. The highest BCUT2D eigenvalue weighted by Gasteiger charge is 2.15. The lowest BCUT2D eigenvalue weighted by Crippen LogP contribution is -2.37. The van der Waals surface area contributed by atoms with Gasteiger partial charge >= 0.3 is 0 Å². The fraction of sp³-hybridized carbons (Fsp3) is 0.188. The van der Waals surface area contributed by atoms with E-state index < -0.39 is 6.04 Å². The zero-order valence-corrected chi connectivity index (χ0v) is 11.7. The lowest BCUT2D eigenvalue weighted by Gasteiger charge is -2.13. The minimum absolute atomic E-state index is 0.00536. The second kappa shape index (κ2) is 6.28. The van der Waals surface area contributed by atoms with Crippen LogP contribution in [0.3, 0.4) is 0 Å². The lowest BCUT2D eigenvalue weighted by molar-refractivity contribution is -0.117. The van der Waals surface area contributed by atoms with Crippen LogP contribution in [0.15, 0.2) is 42.5 Å². The molecule has 2 aromatic carbocycles. The molecule has 5 nitrogen and oxygen atoms in total. The number of hydrogen-bond donors (Lipinski definition) is 4. The molecule has 0 saturated heterocycles. The van der Waals surface area contributed by atoms with Crippen molar-refractivity contribution in [3.8, 4) is 11.5 Å². The highest BCUT2D eigenvalue weighted by atomic mass is 16.3. The van der Waals surface area contributed by atoms with Crippen LogP contribution in [0.1, 0.15) is 11.1 Å². The van der Waals surface area contributed by atoms with Crippen molar-refractivity contribution in [1.29, 1.82) is 0 Å². The fourth-order valence-corrected chi connectivity index (χ4v) is 1.95. The Bertz CT molecular complexity index is 638. The van der Waals surface area contributed by atoms with Gasteiger partial charge in [-0.05, 0) is 48.7 Å². The second-order valence-electron chi connectivity index (χ2n) is 4.99. The Morgan fingerprint density at radius 2 is 1.86 bits per heavy atom. The van der Waals surface area contributed by atoms with Crippen molar-refractivity contribution in [1.82, 2.24) is 0 Å². The summed E-state index contributed by atoms with van der Waals surface area (Å²) in [6.07, 6.45) is 0.346. The first-order valence-electron chi connectivity index (χ1n) is 6.59. The summed E-state index contributed by atoms with van der Waals surface area (Å²) in [5, 5.41) is 21.5. The standard InChI is InChI=1S/C16H18N2O3/c1-10-2-7-15(20)14(8-10)18-16(21)13(17)9-11-3-5-12(19)6-4-11/h2-8,13,19-20H,9,17H2,1H3,(H,18,21). The van der Waals surface area contributed by atoms with Crippen LogP contribution in [-0.4, -0.2) is 22.2 Å². The molecule has 0 aliphatic heterocycles. The van der Waals surface area contributed by atoms with E-state index in [1.165, 1.54) is 6.07 Å². The van der Waals surface area contributed by atoms with Gasteiger partial charge in [0, 0.05) is 0 Å². The molecule has 0 radical (unpaired) electrons. The van der Waals surface area contributed by atoms with Crippen molar-refractivity contribution in [2.24, 2.45) is 5.73 Å². The van der Waals surface area contributed by atoms with E-state index in [0.29, 0.717) is 12.1 Å². The van der Waals surface area contributed by atoms with E-state index in [9.17, 15) is 15.0 Å². The van der Waals surface area contributed by atoms with Gasteiger partial charge in [0.2, 0.25) is 5.91 Å². The maximum atomic E-state index is 12.1. The van der Waals surface area contributed by atoms with Crippen molar-refractivity contribution in [2.45, 2.75) is 19.4 Å². The van der Waals surface area contributed by atoms with Crippen molar-refractivity contribution in [3.63, 3.8) is 0 Å². The summed E-state index contributed by atoms with van der Waals surface area (Å²) in [5.41, 5.74) is 7.99. The molecule has 0 aromatic heterocycles. The lowest BCUT2D eigenvalue weighted by atomic mass is 10.1. The predicted molar refractivity (Wildman–Crippen MR) is 81.3 cm³/mol. The molecule has 21 heavy (non-hydrogen) atoms. The summed E-state index contributed by atoms with van der Waals surface area (Å²) in [6, 6.07) is 10.7. The maximum Gasteiger partial charge on any atom is 0.241 e. The number of phenols is 2. The van der Waals surface area contributed by atoms with Gasteiger partial charge in [0.1, 0.15) is 11.5 Å². The van der Waals surface area contributed by atoms with E-state index in [-0.39, 0.29) is 17.4 Å². The van der Waals surface area contributed by atoms with Gasteiger partial charge in [0.15, 0.2) is 0 Å². The monoisotopic (exact) mass is 286 g/mol. The van der Waals surface area contributed by atoms with Crippen LogP contribution in [0.4, 0.5) is 5.69 Å². The Morgan fingerprint density at radius 3 is 2.52 bits per heavy atom. The van der Waals surface area contributed by atoms with E-state index in [1.54, 1.807) is 36.4 Å². The third kappa shape index (κ3) is 3.97. The van der Waals surface area contributed by atoms with Crippen LogP contribution in [0.2, 0.25) is 0 Å². The molecular weight excluding hydrogens is 268 g/mol. The van der Waals surface area contributed by atoms with Gasteiger partial charge in [-0.3, -0.25) is 4.79 Å². The van der Waals surface area contributed by atoms with Crippen LogP contribution < -0.4 is 11.1 Å². The molecule has 0 aliphatic carbocycles. The molecule has 0 saturated carbocycles. The molecule has 2 rings (SSSR count). The minimum Gasteiger partial charge on any atom is -0.508 e. The molecule has 0 spiro atoms. The molecule has 5 heteroatoms. The molecule has 2 aromatic rings. The highest BCUT2D eigenvalue weighted by molar-refractivity contribution is 5.96. The first-order chi connectivity index (χ1) is 9.95. The van der Waals surface area contributed by atoms with Crippen LogP contribution in [0, 0.1) is 6.92 Å². The largest absolute Gasteiger partial charge is 0.508 e. The summed E-state index contributed by atoms with van der Waals surface area (Å²) in [6.45, 7) is 1.87. The van der Waals surface area contributed by atoms with E-state index >= 15 is 0 Å². The second-order valence-corrected chi connectivity index (χ2v) is 4.99. The average Bonchev–Trinajstić information content (AvgIpc) is 2.45. The summed E-state index contributed by atoms with van der Waals surface area (Å²) < 4.78 is 0. The quantitative estimate of drug-likeness (QED) is 0.646. The first-order valence-corrected chi connectivity index (χ1v) is 6.59. The van der Waals surface area contributed by atoms with Gasteiger partial charge in [-0.15, -0.1) is 0 Å². The van der Waals surface area contributed by atoms with Gasteiger partial charge in [0.25, 0.3) is 0 Å². The van der Waals surface area contributed by atoms with Gasteiger partial charge in [-0.2, -0.15) is 0 Å². The minimum atomic E-state index is -0.741. The number of aryl methyl sites for hydroxylation is 1. The van der Waals surface area contributed by atoms with Crippen molar-refractivity contribution >= 4 is 11.6 Å². The van der Waals surface area contributed by atoms with Crippen molar-refractivity contribution in [3.05, 3.63) is 53.6 Å². The van der Waals surface area contributed by atoms with Crippen molar-refractivity contribution in [2.75, 3.05) is 5.32 Å². The average molecular weight is 286 g/mol. The third-order valence-electron chi connectivity index (χ3n) is 3.14. The van der Waals surface area contributed by atoms with Crippen LogP contribution in [-0.2, 0) is 11.2 Å². The summed E-state index contributed by atoms with van der Waals surface area (Å²) >= 11 is 0. The zero-order chi connectivity index (χ0) is 15.4. The molecule has 1 unspecified atom stereocenters. The molecule has 0 aliphatic rings. The molecular formula is C16H18N2O3. The number of amides is 1. The van der Waals surface area contributed by atoms with Crippen LogP contribution in [0.25, 0.3) is 0 Å². The summed E-state index contributed by atoms with van der Waals surface area (Å²) in [4.78, 5) is 12.1. The number of carbonyl (C=O) groups excluding carboxylic acids is 1. The smallest absolute Gasteiger partial charge is 0.241 e. The number of rotatable bonds is 4. The Balaban J connectivity index is 2.02. The topological polar surface area (TPSA) is 95.6 Å². The van der Waals surface area contributed by atoms with E-state index in [4.69, 9.17) is 5.73 Å². The maximum absolute atomic E-state index is 12.1. The number of phenolic OH excluding ortho intramolecular Hbond substituents is 2.